The largest absolute Gasteiger partial charge is 0.456 e. The van der Waals surface area contributed by atoms with Crippen LogP contribution in [0.3, 0.4) is 0 Å². The van der Waals surface area contributed by atoms with Crippen molar-refractivity contribution in [3.63, 3.8) is 0 Å². The first-order chi connectivity index (χ1) is 12.3. The summed E-state index contributed by atoms with van der Waals surface area (Å²) in [6.07, 6.45) is 3.10. The SMILES string of the molecule is CC(C)(C)OC(=O)c1c(N)sc2c1CCN(CCCc1ccccc1)C2. The van der Waals surface area contributed by atoms with Crippen molar-refractivity contribution in [3.8, 4) is 0 Å². The topological polar surface area (TPSA) is 55.6 Å². The van der Waals surface area contributed by atoms with E-state index in [-0.39, 0.29) is 5.97 Å². The van der Waals surface area contributed by atoms with Crippen LogP contribution in [0.5, 0.6) is 0 Å². The van der Waals surface area contributed by atoms with Crippen LogP contribution in [0.25, 0.3) is 0 Å². The molecule has 2 N–H and O–H groups in total. The molecule has 1 aromatic carbocycles. The van der Waals surface area contributed by atoms with Gasteiger partial charge in [-0.05, 0) is 57.7 Å². The van der Waals surface area contributed by atoms with E-state index in [0.717, 1.165) is 44.5 Å². The number of aryl methyl sites for hydroxylation is 1. The van der Waals surface area contributed by atoms with E-state index in [1.807, 2.05) is 20.8 Å². The maximum absolute atomic E-state index is 12.5. The van der Waals surface area contributed by atoms with Crippen LogP contribution in [0.4, 0.5) is 5.00 Å². The zero-order valence-electron chi connectivity index (χ0n) is 15.9. The predicted octanol–water partition coefficient (Wildman–Crippen LogP) is 4.28. The number of hydrogen-bond acceptors (Lipinski definition) is 5. The van der Waals surface area contributed by atoms with Gasteiger partial charge in [-0.1, -0.05) is 30.3 Å². The number of anilines is 1. The fraction of sp³-hybridized carbons (Fsp3) is 0.476. The number of carbonyl (C=O) groups is 1. The van der Waals surface area contributed by atoms with Crippen molar-refractivity contribution >= 4 is 22.3 Å². The van der Waals surface area contributed by atoms with Crippen LogP contribution in [0, 0.1) is 0 Å². The summed E-state index contributed by atoms with van der Waals surface area (Å²) >= 11 is 1.54. The highest BCUT2D eigenvalue weighted by atomic mass is 32.1. The standard InChI is InChI=1S/C21H28N2O2S/c1-21(2,3)25-20(24)18-16-11-13-23(14-17(16)26-19(18)22)12-7-10-15-8-5-4-6-9-15/h4-6,8-9H,7,10-14,22H2,1-3H3. The molecule has 140 valence electrons. The summed E-state index contributed by atoms with van der Waals surface area (Å²) in [4.78, 5) is 16.2. The molecule has 0 amide bonds. The number of nitrogens with two attached hydrogens (primary N) is 1. The molecule has 0 bridgehead atoms. The lowest BCUT2D eigenvalue weighted by Gasteiger charge is -2.27. The predicted molar refractivity (Wildman–Crippen MR) is 108 cm³/mol. The lowest BCUT2D eigenvalue weighted by atomic mass is 10.0. The number of ether oxygens (including phenoxy) is 1. The van der Waals surface area contributed by atoms with Gasteiger partial charge in [-0.3, -0.25) is 4.90 Å². The second-order valence-corrected chi connectivity index (χ2v) is 9.00. The molecule has 2 heterocycles. The summed E-state index contributed by atoms with van der Waals surface area (Å²) < 4.78 is 5.54. The highest BCUT2D eigenvalue weighted by Crippen LogP contribution is 2.36. The Kier molecular flexibility index (Phi) is 5.68. The number of benzene rings is 1. The van der Waals surface area contributed by atoms with Crippen LogP contribution >= 0.6 is 11.3 Å². The molecule has 0 unspecified atom stereocenters. The summed E-state index contributed by atoms with van der Waals surface area (Å²) in [6, 6.07) is 10.6. The molecule has 1 aliphatic rings. The number of thiophene rings is 1. The molecule has 0 spiro atoms. The second kappa shape index (κ2) is 7.80. The fourth-order valence-corrected chi connectivity index (χ4v) is 4.52. The molecule has 0 aliphatic carbocycles. The van der Waals surface area contributed by atoms with Crippen molar-refractivity contribution in [3.05, 3.63) is 51.9 Å². The third-order valence-corrected chi connectivity index (χ3v) is 5.59. The van der Waals surface area contributed by atoms with Crippen LogP contribution < -0.4 is 5.73 Å². The van der Waals surface area contributed by atoms with Crippen molar-refractivity contribution in [1.82, 2.24) is 4.90 Å². The zero-order valence-corrected chi connectivity index (χ0v) is 16.7. The molecule has 1 aliphatic heterocycles. The molecule has 1 aromatic heterocycles. The molecule has 0 atom stereocenters. The minimum atomic E-state index is -0.503. The first-order valence-corrected chi connectivity index (χ1v) is 10.0. The summed E-state index contributed by atoms with van der Waals surface area (Å²) in [5.74, 6) is -0.287. The van der Waals surface area contributed by atoms with E-state index in [4.69, 9.17) is 10.5 Å². The molecule has 0 radical (unpaired) electrons. The Bertz CT molecular complexity index is 762. The van der Waals surface area contributed by atoms with Crippen LogP contribution in [-0.2, 0) is 24.1 Å². The highest BCUT2D eigenvalue weighted by molar-refractivity contribution is 7.16. The van der Waals surface area contributed by atoms with Gasteiger partial charge in [0, 0.05) is 18.0 Å². The first kappa shape index (κ1) is 18.9. The molecular weight excluding hydrogens is 344 g/mol. The highest BCUT2D eigenvalue weighted by Gasteiger charge is 2.29. The lowest BCUT2D eigenvalue weighted by Crippen LogP contribution is -2.32. The van der Waals surface area contributed by atoms with E-state index in [1.54, 1.807) is 11.3 Å². The van der Waals surface area contributed by atoms with Gasteiger partial charge in [-0.25, -0.2) is 4.79 Å². The molecule has 3 rings (SSSR count). The van der Waals surface area contributed by atoms with E-state index in [2.05, 4.69) is 35.2 Å². The summed E-state index contributed by atoms with van der Waals surface area (Å²) in [7, 11) is 0. The Labute approximate surface area is 160 Å². The lowest BCUT2D eigenvalue weighted by molar-refractivity contribution is 0.00695. The maximum Gasteiger partial charge on any atom is 0.341 e. The average molecular weight is 373 g/mol. The number of esters is 1. The Morgan fingerprint density at radius 3 is 2.69 bits per heavy atom. The van der Waals surface area contributed by atoms with Gasteiger partial charge in [0.15, 0.2) is 0 Å². The molecule has 0 saturated carbocycles. The molecule has 5 heteroatoms. The van der Waals surface area contributed by atoms with Crippen molar-refractivity contribution < 1.29 is 9.53 Å². The third-order valence-electron chi connectivity index (χ3n) is 4.55. The second-order valence-electron chi connectivity index (χ2n) is 7.86. The minimum Gasteiger partial charge on any atom is -0.456 e. The van der Waals surface area contributed by atoms with Crippen LogP contribution in [-0.4, -0.2) is 29.6 Å². The Morgan fingerprint density at radius 2 is 2.00 bits per heavy atom. The van der Waals surface area contributed by atoms with Gasteiger partial charge in [0.2, 0.25) is 0 Å². The van der Waals surface area contributed by atoms with E-state index in [0.29, 0.717) is 10.6 Å². The Balaban J connectivity index is 1.61. The van der Waals surface area contributed by atoms with Crippen molar-refractivity contribution in [2.75, 3.05) is 18.8 Å². The zero-order chi connectivity index (χ0) is 18.7. The monoisotopic (exact) mass is 372 g/mol. The molecule has 0 saturated heterocycles. The third kappa shape index (κ3) is 4.65. The van der Waals surface area contributed by atoms with E-state index in [9.17, 15) is 4.79 Å². The molecular formula is C21H28N2O2S. The van der Waals surface area contributed by atoms with Crippen LogP contribution in [0.2, 0.25) is 0 Å². The average Bonchev–Trinajstić information content (AvgIpc) is 2.89. The summed E-state index contributed by atoms with van der Waals surface area (Å²) in [5, 5.41) is 0.593. The number of nitrogen functional groups attached to an aromatic ring is 1. The minimum absolute atomic E-state index is 0.287. The van der Waals surface area contributed by atoms with Gasteiger partial charge < -0.3 is 10.5 Å². The van der Waals surface area contributed by atoms with Gasteiger partial charge >= 0.3 is 5.97 Å². The summed E-state index contributed by atoms with van der Waals surface area (Å²) in [5.41, 5.74) is 8.74. The van der Waals surface area contributed by atoms with Gasteiger partial charge in [0.25, 0.3) is 0 Å². The van der Waals surface area contributed by atoms with Gasteiger partial charge in [-0.15, -0.1) is 11.3 Å². The van der Waals surface area contributed by atoms with Crippen molar-refractivity contribution in [2.24, 2.45) is 0 Å². The van der Waals surface area contributed by atoms with Gasteiger partial charge in [-0.2, -0.15) is 0 Å². The number of hydrogen-bond donors (Lipinski definition) is 1. The molecule has 0 fully saturated rings. The quantitative estimate of drug-likeness (QED) is 0.796. The summed E-state index contributed by atoms with van der Waals surface area (Å²) in [6.45, 7) is 8.56. The fourth-order valence-electron chi connectivity index (χ4n) is 3.37. The van der Waals surface area contributed by atoms with Crippen molar-refractivity contribution in [1.29, 1.82) is 0 Å². The van der Waals surface area contributed by atoms with E-state index in [1.165, 1.54) is 10.4 Å². The number of nitrogens with zero attached hydrogens (tertiary/aromatic N) is 1. The number of rotatable bonds is 5. The molecule has 2 aromatic rings. The Hall–Kier alpha value is -1.85. The normalized spacial score (nSPS) is 14.9. The molecule has 26 heavy (non-hydrogen) atoms. The van der Waals surface area contributed by atoms with E-state index < -0.39 is 5.60 Å². The number of carbonyl (C=O) groups excluding carboxylic acids is 1. The van der Waals surface area contributed by atoms with Crippen molar-refractivity contribution in [2.45, 2.75) is 52.2 Å². The van der Waals surface area contributed by atoms with Gasteiger partial charge in [0.1, 0.15) is 10.6 Å². The smallest absolute Gasteiger partial charge is 0.341 e. The van der Waals surface area contributed by atoms with E-state index >= 15 is 0 Å². The van der Waals surface area contributed by atoms with Gasteiger partial charge in [0.05, 0.1) is 5.56 Å². The Morgan fingerprint density at radius 1 is 1.27 bits per heavy atom. The van der Waals surface area contributed by atoms with Crippen LogP contribution in [0.15, 0.2) is 30.3 Å². The first-order valence-electron chi connectivity index (χ1n) is 9.23. The van der Waals surface area contributed by atoms with Crippen LogP contribution in [0.1, 0.15) is 53.6 Å². The maximum atomic E-state index is 12.5. The molecule has 4 nitrogen and oxygen atoms in total. The number of fused-ring (bicyclic) bond motifs is 1.